The van der Waals surface area contributed by atoms with Gasteiger partial charge in [-0.15, -0.1) is 0 Å². The Balaban J connectivity index is 2.35. The smallest absolute Gasteiger partial charge is 0.153 e. The van der Waals surface area contributed by atoms with Gasteiger partial charge in [0.05, 0.1) is 11.3 Å². The van der Waals surface area contributed by atoms with E-state index in [4.69, 9.17) is 0 Å². The molecule has 5 heteroatoms. The first kappa shape index (κ1) is 13.4. The lowest BCUT2D eigenvalue weighted by atomic mass is 10.1. The van der Waals surface area contributed by atoms with Crippen molar-refractivity contribution in [2.24, 2.45) is 5.92 Å². The molecule has 0 aliphatic heterocycles. The van der Waals surface area contributed by atoms with Gasteiger partial charge in [-0.3, -0.25) is 19.4 Å². The predicted octanol–water partition coefficient (Wildman–Crippen LogP) is 2.51. The Hall–Kier alpha value is -2.04. The molecular weight excluding hydrogens is 240 g/mol. The van der Waals surface area contributed by atoms with Crippen molar-refractivity contribution in [3.63, 3.8) is 0 Å². The fourth-order valence-electron chi connectivity index (χ4n) is 1.85. The monoisotopic (exact) mass is 258 g/mol. The number of hydrogen-bond donors (Lipinski definition) is 0. The summed E-state index contributed by atoms with van der Waals surface area (Å²) >= 11 is 0. The van der Waals surface area contributed by atoms with Crippen LogP contribution in [0.1, 0.15) is 36.3 Å². The molecule has 0 saturated carbocycles. The number of aryl methyl sites for hydroxylation is 2. The average Bonchev–Trinajstić information content (AvgIpc) is 2.80. The number of aromatic nitrogens is 4. The van der Waals surface area contributed by atoms with Gasteiger partial charge in [-0.2, -0.15) is 5.10 Å². The molecule has 0 aliphatic rings. The molecule has 0 spiro atoms. The number of carbonyl (C=O) groups is 1. The third-order valence-corrected chi connectivity index (χ3v) is 2.96. The van der Waals surface area contributed by atoms with Crippen molar-refractivity contribution in [3.05, 3.63) is 29.8 Å². The highest BCUT2D eigenvalue weighted by Crippen LogP contribution is 2.21. The minimum atomic E-state index is 0.562. The molecule has 0 aromatic carbocycles. The van der Waals surface area contributed by atoms with Crippen molar-refractivity contribution in [2.75, 3.05) is 0 Å². The Bertz CT molecular complexity index is 575. The Labute approximate surface area is 112 Å². The van der Waals surface area contributed by atoms with Crippen molar-refractivity contribution in [1.82, 2.24) is 19.7 Å². The maximum Gasteiger partial charge on any atom is 0.153 e. The van der Waals surface area contributed by atoms with Gasteiger partial charge in [0.2, 0.25) is 0 Å². The van der Waals surface area contributed by atoms with Crippen molar-refractivity contribution >= 4 is 6.29 Å². The van der Waals surface area contributed by atoms with E-state index in [1.54, 1.807) is 18.6 Å². The second kappa shape index (κ2) is 5.73. The van der Waals surface area contributed by atoms with Crippen LogP contribution in [0.4, 0.5) is 0 Å². The third-order valence-electron chi connectivity index (χ3n) is 2.96. The first-order chi connectivity index (χ1) is 9.11. The molecule has 0 radical (unpaired) electrons. The van der Waals surface area contributed by atoms with Crippen LogP contribution < -0.4 is 0 Å². The molecule has 0 fully saturated rings. The second-order valence-corrected chi connectivity index (χ2v) is 4.99. The zero-order chi connectivity index (χ0) is 13.8. The molecule has 0 N–H and O–H groups in total. The van der Waals surface area contributed by atoms with Gasteiger partial charge in [-0.1, -0.05) is 13.8 Å². The fraction of sp³-hybridized carbons (Fsp3) is 0.429. The first-order valence-electron chi connectivity index (χ1n) is 6.42. The quantitative estimate of drug-likeness (QED) is 0.773. The zero-order valence-electron chi connectivity index (χ0n) is 11.5. The van der Waals surface area contributed by atoms with Crippen molar-refractivity contribution < 1.29 is 4.79 Å². The zero-order valence-corrected chi connectivity index (χ0v) is 11.5. The largest absolute Gasteiger partial charge is 0.298 e. The van der Waals surface area contributed by atoms with Crippen LogP contribution in [0.15, 0.2) is 18.6 Å². The number of carbonyl (C=O) groups excluding carboxylic acids is 1. The summed E-state index contributed by atoms with van der Waals surface area (Å²) in [4.78, 5) is 19.6. The van der Waals surface area contributed by atoms with Gasteiger partial charge in [0.1, 0.15) is 11.4 Å². The number of rotatable bonds is 5. The second-order valence-electron chi connectivity index (χ2n) is 4.99. The van der Waals surface area contributed by atoms with E-state index in [0.29, 0.717) is 22.9 Å². The number of nitrogens with zero attached hydrogens (tertiary/aromatic N) is 4. The molecule has 2 heterocycles. The van der Waals surface area contributed by atoms with E-state index in [2.05, 4.69) is 28.9 Å². The Morgan fingerprint density at radius 2 is 2.00 bits per heavy atom. The molecule has 0 aliphatic carbocycles. The lowest BCUT2D eigenvalue weighted by Crippen LogP contribution is -2.02. The highest BCUT2D eigenvalue weighted by atomic mass is 16.1. The molecule has 0 bridgehead atoms. The summed E-state index contributed by atoms with van der Waals surface area (Å²) in [7, 11) is 0. The first-order valence-corrected chi connectivity index (χ1v) is 6.42. The Morgan fingerprint density at radius 3 is 2.63 bits per heavy atom. The van der Waals surface area contributed by atoms with Gasteiger partial charge in [0, 0.05) is 25.1 Å². The molecular formula is C14H18N4O. The van der Waals surface area contributed by atoms with Crippen LogP contribution in [0.2, 0.25) is 0 Å². The van der Waals surface area contributed by atoms with Crippen LogP contribution in [0.25, 0.3) is 11.4 Å². The van der Waals surface area contributed by atoms with Gasteiger partial charge in [0.15, 0.2) is 6.29 Å². The van der Waals surface area contributed by atoms with Gasteiger partial charge >= 0.3 is 0 Å². The van der Waals surface area contributed by atoms with E-state index in [-0.39, 0.29) is 0 Å². The van der Waals surface area contributed by atoms with Crippen LogP contribution in [0, 0.1) is 12.8 Å². The predicted molar refractivity (Wildman–Crippen MR) is 72.8 cm³/mol. The third kappa shape index (κ3) is 3.05. The lowest BCUT2D eigenvalue weighted by molar-refractivity contribution is 0.112. The van der Waals surface area contributed by atoms with Crippen LogP contribution in [0.3, 0.4) is 0 Å². The van der Waals surface area contributed by atoms with Crippen LogP contribution in [-0.4, -0.2) is 26.0 Å². The SMILES string of the molecule is Cc1nccnc1-c1nn(CCC(C)C)cc1C=O. The standard InChI is InChI=1S/C14H18N4O/c1-10(2)4-7-18-8-12(9-19)14(17-18)13-11(3)15-5-6-16-13/h5-6,8-10H,4,7H2,1-3H3. The van der Waals surface area contributed by atoms with Gasteiger partial charge in [-0.05, 0) is 19.3 Å². The summed E-state index contributed by atoms with van der Waals surface area (Å²) in [6, 6.07) is 0. The summed E-state index contributed by atoms with van der Waals surface area (Å²) in [6.45, 7) is 7.00. The molecule has 0 unspecified atom stereocenters. The fourth-order valence-corrected chi connectivity index (χ4v) is 1.85. The van der Waals surface area contributed by atoms with Crippen LogP contribution >= 0.6 is 0 Å². The topological polar surface area (TPSA) is 60.7 Å². The van der Waals surface area contributed by atoms with Gasteiger partial charge in [-0.25, -0.2) is 0 Å². The van der Waals surface area contributed by atoms with E-state index in [9.17, 15) is 4.79 Å². The minimum absolute atomic E-state index is 0.562. The van der Waals surface area contributed by atoms with Crippen LogP contribution in [0.5, 0.6) is 0 Å². The Morgan fingerprint density at radius 1 is 1.26 bits per heavy atom. The van der Waals surface area contributed by atoms with Gasteiger partial charge < -0.3 is 0 Å². The average molecular weight is 258 g/mol. The highest BCUT2D eigenvalue weighted by molar-refractivity contribution is 5.84. The minimum Gasteiger partial charge on any atom is -0.298 e. The van der Waals surface area contributed by atoms with E-state index < -0.39 is 0 Å². The maximum absolute atomic E-state index is 11.2. The molecule has 2 aromatic heterocycles. The Kier molecular flexibility index (Phi) is 4.04. The summed E-state index contributed by atoms with van der Waals surface area (Å²) in [5.41, 5.74) is 2.63. The highest BCUT2D eigenvalue weighted by Gasteiger charge is 2.14. The van der Waals surface area contributed by atoms with Crippen molar-refractivity contribution in [2.45, 2.75) is 33.7 Å². The summed E-state index contributed by atoms with van der Waals surface area (Å²) in [6.07, 6.45) is 6.87. The van der Waals surface area contributed by atoms with Gasteiger partial charge in [0.25, 0.3) is 0 Å². The molecule has 0 saturated heterocycles. The normalized spacial score (nSPS) is 10.9. The molecule has 0 amide bonds. The summed E-state index contributed by atoms with van der Waals surface area (Å²) < 4.78 is 1.81. The summed E-state index contributed by atoms with van der Waals surface area (Å²) in [5, 5.41) is 4.47. The molecule has 19 heavy (non-hydrogen) atoms. The van der Waals surface area contributed by atoms with E-state index in [1.807, 2.05) is 11.6 Å². The van der Waals surface area contributed by atoms with E-state index >= 15 is 0 Å². The molecule has 5 nitrogen and oxygen atoms in total. The van der Waals surface area contributed by atoms with Crippen LogP contribution in [-0.2, 0) is 6.54 Å². The molecule has 0 atom stereocenters. The molecule has 2 rings (SSSR count). The van der Waals surface area contributed by atoms with Crippen molar-refractivity contribution in [3.8, 4) is 11.4 Å². The number of aldehydes is 1. The molecule has 2 aromatic rings. The van der Waals surface area contributed by atoms with E-state index in [0.717, 1.165) is 24.9 Å². The maximum atomic E-state index is 11.2. The summed E-state index contributed by atoms with van der Waals surface area (Å²) in [5.74, 6) is 0.602. The number of hydrogen-bond acceptors (Lipinski definition) is 4. The molecule has 100 valence electrons. The lowest BCUT2D eigenvalue weighted by Gasteiger charge is -2.04. The van der Waals surface area contributed by atoms with Crippen molar-refractivity contribution in [1.29, 1.82) is 0 Å². The van der Waals surface area contributed by atoms with E-state index in [1.165, 1.54) is 0 Å².